The standard InChI is InChI=1S/C13H20N2O3S2/c1-10-12(6-8-19-10)13(16)15-7-4-5-11(9-15)20(17,18)14(2)3/h6,8,11H,4-5,7,9H2,1-3H3. The predicted octanol–water partition coefficient (Wildman–Crippen LogP) is 1.55. The molecule has 2 heterocycles. The van der Waals surface area contributed by atoms with Gasteiger partial charge in [0.15, 0.2) is 0 Å². The number of hydrogen-bond donors (Lipinski definition) is 0. The molecule has 5 nitrogen and oxygen atoms in total. The molecule has 20 heavy (non-hydrogen) atoms. The van der Waals surface area contributed by atoms with Gasteiger partial charge in [-0.3, -0.25) is 4.79 Å². The molecule has 1 aliphatic rings. The Morgan fingerprint density at radius 3 is 2.70 bits per heavy atom. The van der Waals surface area contributed by atoms with Gasteiger partial charge in [-0.25, -0.2) is 12.7 Å². The van der Waals surface area contributed by atoms with Gasteiger partial charge in [-0.1, -0.05) is 0 Å². The number of carbonyl (C=O) groups is 1. The van der Waals surface area contributed by atoms with E-state index in [9.17, 15) is 13.2 Å². The SMILES string of the molecule is Cc1sccc1C(=O)N1CCCC(S(=O)(=O)N(C)C)C1. The summed E-state index contributed by atoms with van der Waals surface area (Å²) in [6.07, 6.45) is 1.35. The third kappa shape index (κ3) is 2.89. The first kappa shape index (κ1) is 15.5. The van der Waals surface area contributed by atoms with E-state index in [1.807, 2.05) is 18.4 Å². The van der Waals surface area contributed by atoms with Crippen molar-refractivity contribution in [1.29, 1.82) is 0 Å². The van der Waals surface area contributed by atoms with Crippen molar-refractivity contribution in [3.05, 3.63) is 21.9 Å². The van der Waals surface area contributed by atoms with Crippen molar-refractivity contribution in [2.75, 3.05) is 27.2 Å². The number of sulfonamides is 1. The van der Waals surface area contributed by atoms with Gasteiger partial charge in [0.25, 0.3) is 5.91 Å². The molecule has 2 rings (SSSR count). The molecule has 0 radical (unpaired) electrons. The van der Waals surface area contributed by atoms with Gasteiger partial charge in [0.2, 0.25) is 10.0 Å². The van der Waals surface area contributed by atoms with Crippen LogP contribution in [-0.4, -0.2) is 56.0 Å². The minimum atomic E-state index is -3.30. The second-order valence-corrected chi connectivity index (χ2v) is 8.78. The Kier molecular flexibility index (Phi) is 4.51. The van der Waals surface area contributed by atoms with E-state index in [0.717, 1.165) is 11.3 Å². The smallest absolute Gasteiger partial charge is 0.255 e. The number of hydrogen-bond acceptors (Lipinski definition) is 4. The topological polar surface area (TPSA) is 57.7 Å². The van der Waals surface area contributed by atoms with Crippen LogP contribution >= 0.6 is 11.3 Å². The molecule has 0 aliphatic carbocycles. The Bertz CT molecular complexity index is 593. The highest BCUT2D eigenvalue weighted by Crippen LogP contribution is 2.23. The molecule has 1 atom stereocenters. The molecule has 1 unspecified atom stereocenters. The van der Waals surface area contributed by atoms with E-state index >= 15 is 0 Å². The van der Waals surface area contributed by atoms with Gasteiger partial charge in [0.05, 0.1) is 10.8 Å². The maximum atomic E-state index is 12.4. The van der Waals surface area contributed by atoms with Gasteiger partial charge in [-0.15, -0.1) is 11.3 Å². The second-order valence-electron chi connectivity index (χ2n) is 5.23. The Balaban J connectivity index is 2.16. The average molecular weight is 316 g/mol. The molecular weight excluding hydrogens is 296 g/mol. The largest absolute Gasteiger partial charge is 0.337 e. The monoisotopic (exact) mass is 316 g/mol. The predicted molar refractivity (Wildman–Crippen MR) is 80.6 cm³/mol. The van der Waals surface area contributed by atoms with Crippen molar-refractivity contribution in [3.63, 3.8) is 0 Å². The van der Waals surface area contributed by atoms with Gasteiger partial charge in [-0.05, 0) is 31.2 Å². The number of aryl methyl sites for hydroxylation is 1. The Hall–Kier alpha value is -0.920. The summed E-state index contributed by atoms with van der Waals surface area (Å²) in [5.41, 5.74) is 0.693. The summed E-state index contributed by atoms with van der Waals surface area (Å²) in [5.74, 6) is -0.0533. The Morgan fingerprint density at radius 1 is 1.45 bits per heavy atom. The summed E-state index contributed by atoms with van der Waals surface area (Å²) < 4.78 is 25.6. The number of carbonyl (C=O) groups excluding carboxylic acids is 1. The molecule has 0 N–H and O–H groups in total. The fourth-order valence-electron chi connectivity index (χ4n) is 2.44. The van der Waals surface area contributed by atoms with E-state index in [-0.39, 0.29) is 12.5 Å². The third-order valence-corrected chi connectivity index (χ3v) is 6.78. The van der Waals surface area contributed by atoms with Gasteiger partial charge in [-0.2, -0.15) is 0 Å². The van der Waals surface area contributed by atoms with Crippen molar-refractivity contribution in [2.45, 2.75) is 25.0 Å². The molecule has 1 aromatic rings. The zero-order valence-corrected chi connectivity index (χ0v) is 13.6. The van der Waals surface area contributed by atoms with Crippen LogP contribution < -0.4 is 0 Å². The van der Waals surface area contributed by atoms with Gasteiger partial charge in [0, 0.05) is 32.1 Å². The van der Waals surface area contributed by atoms with Crippen molar-refractivity contribution >= 4 is 27.3 Å². The fraction of sp³-hybridized carbons (Fsp3) is 0.615. The highest BCUT2D eigenvalue weighted by atomic mass is 32.2. The highest BCUT2D eigenvalue weighted by molar-refractivity contribution is 7.89. The molecule has 1 amide bonds. The zero-order valence-electron chi connectivity index (χ0n) is 12.0. The van der Waals surface area contributed by atoms with Crippen LogP contribution in [0, 0.1) is 6.92 Å². The first-order valence-corrected chi connectivity index (χ1v) is 8.97. The molecule has 1 fully saturated rings. The lowest BCUT2D eigenvalue weighted by Crippen LogP contribution is -2.48. The molecule has 0 aromatic carbocycles. The first-order chi connectivity index (χ1) is 9.34. The lowest BCUT2D eigenvalue weighted by Gasteiger charge is -2.33. The number of rotatable bonds is 3. The Morgan fingerprint density at radius 2 is 2.15 bits per heavy atom. The fourth-order valence-corrected chi connectivity index (χ4v) is 4.56. The van der Waals surface area contributed by atoms with Crippen LogP contribution in [0.1, 0.15) is 28.1 Å². The summed E-state index contributed by atoms with van der Waals surface area (Å²) in [7, 11) is -0.222. The first-order valence-electron chi connectivity index (χ1n) is 6.58. The van der Waals surface area contributed by atoms with Crippen LogP contribution in [0.3, 0.4) is 0 Å². The summed E-state index contributed by atoms with van der Waals surface area (Å²) in [4.78, 5) is 15.1. The van der Waals surface area contributed by atoms with Crippen molar-refractivity contribution < 1.29 is 13.2 Å². The van der Waals surface area contributed by atoms with E-state index < -0.39 is 15.3 Å². The van der Waals surface area contributed by atoms with E-state index in [1.54, 1.807) is 19.0 Å². The molecular formula is C13H20N2O3S2. The summed E-state index contributed by atoms with van der Waals surface area (Å²) in [6, 6.07) is 1.81. The van der Waals surface area contributed by atoms with Crippen molar-refractivity contribution in [3.8, 4) is 0 Å². The molecule has 7 heteroatoms. The van der Waals surface area contributed by atoms with Crippen LogP contribution in [0.15, 0.2) is 11.4 Å². The van der Waals surface area contributed by atoms with Crippen LogP contribution in [0.25, 0.3) is 0 Å². The molecule has 0 bridgehead atoms. The molecule has 1 saturated heterocycles. The summed E-state index contributed by atoms with van der Waals surface area (Å²) in [6.45, 7) is 2.83. The number of likely N-dealkylation sites (tertiary alicyclic amines) is 1. The van der Waals surface area contributed by atoms with Crippen LogP contribution in [0.4, 0.5) is 0 Å². The molecule has 0 saturated carbocycles. The maximum Gasteiger partial charge on any atom is 0.255 e. The number of piperidine rings is 1. The molecule has 0 spiro atoms. The van der Waals surface area contributed by atoms with E-state index in [4.69, 9.17) is 0 Å². The molecule has 112 valence electrons. The second kappa shape index (κ2) is 5.83. The van der Waals surface area contributed by atoms with E-state index in [1.165, 1.54) is 15.6 Å². The van der Waals surface area contributed by atoms with Gasteiger partial charge in [0.1, 0.15) is 0 Å². The lowest BCUT2D eigenvalue weighted by molar-refractivity contribution is 0.0726. The number of nitrogens with zero attached hydrogens (tertiary/aromatic N) is 2. The zero-order chi connectivity index (χ0) is 14.9. The molecule has 1 aromatic heterocycles. The van der Waals surface area contributed by atoms with E-state index in [0.29, 0.717) is 18.5 Å². The minimum absolute atomic E-state index is 0.0533. The highest BCUT2D eigenvalue weighted by Gasteiger charge is 2.34. The van der Waals surface area contributed by atoms with Crippen LogP contribution in [0.5, 0.6) is 0 Å². The molecule has 1 aliphatic heterocycles. The van der Waals surface area contributed by atoms with Crippen LogP contribution in [0.2, 0.25) is 0 Å². The number of amides is 1. The average Bonchev–Trinajstić information content (AvgIpc) is 2.84. The third-order valence-electron chi connectivity index (χ3n) is 3.68. The quantitative estimate of drug-likeness (QED) is 0.850. The summed E-state index contributed by atoms with van der Waals surface area (Å²) >= 11 is 1.53. The Labute approximate surface area is 124 Å². The van der Waals surface area contributed by atoms with E-state index in [2.05, 4.69) is 0 Å². The lowest BCUT2D eigenvalue weighted by atomic mass is 10.1. The van der Waals surface area contributed by atoms with Gasteiger partial charge >= 0.3 is 0 Å². The normalized spacial score (nSPS) is 20.4. The minimum Gasteiger partial charge on any atom is -0.337 e. The van der Waals surface area contributed by atoms with Crippen molar-refractivity contribution in [2.24, 2.45) is 0 Å². The van der Waals surface area contributed by atoms with Crippen LogP contribution in [-0.2, 0) is 10.0 Å². The van der Waals surface area contributed by atoms with Gasteiger partial charge < -0.3 is 4.90 Å². The van der Waals surface area contributed by atoms with Crippen molar-refractivity contribution in [1.82, 2.24) is 9.21 Å². The number of thiophene rings is 1. The summed E-state index contributed by atoms with van der Waals surface area (Å²) in [5, 5.41) is 1.40. The maximum absolute atomic E-state index is 12.4.